The van der Waals surface area contributed by atoms with Gasteiger partial charge in [0.1, 0.15) is 5.75 Å². The van der Waals surface area contributed by atoms with E-state index in [2.05, 4.69) is 4.90 Å². The highest BCUT2D eigenvalue weighted by Gasteiger charge is 2.26. The predicted molar refractivity (Wildman–Crippen MR) is 78.3 cm³/mol. The number of aliphatic carboxylic acids is 1. The first-order valence-corrected chi connectivity index (χ1v) is 7.30. The predicted octanol–water partition coefficient (Wildman–Crippen LogP) is 2.74. The highest BCUT2D eigenvalue weighted by Crippen LogP contribution is 2.28. The molecule has 20 heavy (non-hydrogen) atoms. The van der Waals surface area contributed by atoms with Crippen LogP contribution in [0.1, 0.15) is 37.2 Å². The lowest BCUT2D eigenvalue weighted by Crippen LogP contribution is -2.33. The summed E-state index contributed by atoms with van der Waals surface area (Å²) in [5, 5.41) is 9.57. The van der Waals surface area contributed by atoms with E-state index in [4.69, 9.17) is 4.74 Å². The molecule has 1 heterocycles. The van der Waals surface area contributed by atoms with Crippen molar-refractivity contribution in [3.05, 3.63) is 29.8 Å². The van der Waals surface area contributed by atoms with Crippen molar-refractivity contribution in [3.63, 3.8) is 0 Å². The van der Waals surface area contributed by atoms with Crippen LogP contribution < -0.4 is 4.74 Å². The number of carboxylic acid groups (broad SMARTS) is 1. The average molecular weight is 277 g/mol. The lowest BCUT2D eigenvalue weighted by molar-refractivity contribution is -0.139. The van der Waals surface area contributed by atoms with E-state index in [1.165, 1.54) is 12.8 Å². The third-order valence-corrected chi connectivity index (χ3v) is 3.95. The van der Waals surface area contributed by atoms with E-state index >= 15 is 0 Å². The molecule has 1 atom stereocenters. The quantitative estimate of drug-likeness (QED) is 0.899. The van der Waals surface area contributed by atoms with Crippen LogP contribution in [0.3, 0.4) is 0 Å². The molecule has 1 saturated heterocycles. The van der Waals surface area contributed by atoms with Crippen LogP contribution in [0, 0.1) is 0 Å². The van der Waals surface area contributed by atoms with Gasteiger partial charge in [0, 0.05) is 12.1 Å². The van der Waals surface area contributed by atoms with E-state index in [0.717, 1.165) is 31.5 Å². The Morgan fingerprint density at radius 1 is 1.25 bits per heavy atom. The Hall–Kier alpha value is -1.55. The first kappa shape index (κ1) is 14.9. The van der Waals surface area contributed by atoms with Crippen LogP contribution in [-0.2, 0) is 4.79 Å². The molecular weight excluding hydrogens is 254 g/mol. The minimum absolute atomic E-state index is 0.524. The molecule has 0 aliphatic carbocycles. The Bertz CT molecular complexity index is 439. The number of ether oxygens (including phenoxy) is 1. The van der Waals surface area contributed by atoms with Crippen LogP contribution in [0.2, 0.25) is 0 Å². The van der Waals surface area contributed by atoms with Crippen molar-refractivity contribution in [1.29, 1.82) is 0 Å². The van der Waals surface area contributed by atoms with Crippen LogP contribution in [-0.4, -0.2) is 42.7 Å². The van der Waals surface area contributed by atoms with Gasteiger partial charge in [0.2, 0.25) is 0 Å². The molecule has 1 unspecified atom stereocenters. The van der Waals surface area contributed by atoms with Gasteiger partial charge < -0.3 is 14.7 Å². The van der Waals surface area contributed by atoms with Crippen LogP contribution in [0.25, 0.3) is 0 Å². The van der Waals surface area contributed by atoms with Crippen molar-refractivity contribution in [2.45, 2.75) is 31.6 Å². The number of carbonyl (C=O) groups is 1. The molecule has 4 heteroatoms. The zero-order valence-corrected chi connectivity index (χ0v) is 12.0. The lowest BCUT2D eigenvalue weighted by Gasteiger charge is -2.25. The van der Waals surface area contributed by atoms with Gasteiger partial charge in [0.05, 0.1) is 13.0 Å². The van der Waals surface area contributed by atoms with Crippen molar-refractivity contribution in [1.82, 2.24) is 4.90 Å². The first-order valence-electron chi connectivity index (χ1n) is 7.30. The molecule has 0 aromatic heterocycles. The fraction of sp³-hybridized carbons (Fsp3) is 0.562. The topological polar surface area (TPSA) is 49.8 Å². The molecule has 1 aromatic carbocycles. The largest absolute Gasteiger partial charge is 0.496 e. The third kappa shape index (κ3) is 3.73. The number of benzene rings is 1. The fourth-order valence-electron chi connectivity index (χ4n) is 2.84. The van der Waals surface area contributed by atoms with E-state index in [1.807, 2.05) is 24.3 Å². The zero-order valence-electron chi connectivity index (χ0n) is 12.0. The summed E-state index contributed by atoms with van der Waals surface area (Å²) in [6.07, 6.45) is 4.84. The molecule has 110 valence electrons. The zero-order chi connectivity index (χ0) is 14.4. The maximum absolute atomic E-state index is 11.6. The van der Waals surface area contributed by atoms with Crippen molar-refractivity contribution in [2.75, 3.05) is 26.7 Å². The minimum atomic E-state index is -0.779. The molecule has 1 N–H and O–H groups in total. The van der Waals surface area contributed by atoms with Gasteiger partial charge in [-0.1, -0.05) is 31.0 Å². The highest BCUT2D eigenvalue weighted by molar-refractivity contribution is 5.77. The summed E-state index contributed by atoms with van der Waals surface area (Å²) >= 11 is 0. The molecule has 0 saturated carbocycles. The maximum Gasteiger partial charge on any atom is 0.312 e. The Morgan fingerprint density at radius 2 is 1.90 bits per heavy atom. The van der Waals surface area contributed by atoms with E-state index in [1.54, 1.807) is 7.11 Å². The number of nitrogens with zero attached hydrogens (tertiary/aromatic N) is 1. The number of methoxy groups -OCH3 is 1. The molecule has 1 aliphatic heterocycles. The Morgan fingerprint density at radius 3 is 2.50 bits per heavy atom. The summed E-state index contributed by atoms with van der Waals surface area (Å²) in [7, 11) is 1.59. The van der Waals surface area contributed by atoms with Gasteiger partial charge in [-0.05, 0) is 32.0 Å². The normalized spacial score (nSPS) is 18.2. The summed E-state index contributed by atoms with van der Waals surface area (Å²) in [4.78, 5) is 13.9. The van der Waals surface area contributed by atoms with Crippen molar-refractivity contribution in [3.8, 4) is 5.75 Å². The number of para-hydroxylation sites is 1. The third-order valence-electron chi connectivity index (χ3n) is 3.95. The van der Waals surface area contributed by atoms with E-state index < -0.39 is 11.9 Å². The van der Waals surface area contributed by atoms with Gasteiger partial charge in [0.15, 0.2) is 0 Å². The molecule has 0 spiro atoms. The maximum atomic E-state index is 11.6. The standard InChI is InChI=1S/C16H23NO3/c1-20-15-9-5-4-8-13(15)14(16(18)19)12-17-10-6-2-3-7-11-17/h4-5,8-9,14H,2-3,6-7,10-12H2,1H3,(H,18,19). The van der Waals surface area contributed by atoms with Crippen molar-refractivity contribution in [2.24, 2.45) is 0 Å². The summed E-state index contributed by atoms with van der Waals surface area (Å²) < 4.78 is 5.31. The molecular formula is C16H23NO3. The molecule has 1 aromatic rings. The number of hydrogen-bond donors (Lipinski definition) is 1. The lowest BCUT2D eigenvalue weighted by atomic mass is 9.97. The summed E-state index contributed by atoms with van der Waals surface area (Å²) in [6.45, 7) is 2.56. The van der Waals surface area contributed by atoms with Gasteiger partial charge in [-0.25, -0.2) is 0 Å². The van der Waals surface area contributed by atoms with Gasteiger partial charge in [0.25, 0.3) is 0 Å². The smallest absolute Gasteiger partial charge is 0.312 e. The van der Waals surface area contributed by atoms with Crippen LogP contribution in [0.15, 0.2) is 24.3 Å². The molecule has 4 nitrogen and oxygen atoms in total. The SMILES string of the molecule is COc1ccccc1C(CN1CCCCCC1)C(=O)O. The molecule has 0 bridgehead atoms. The Labute approximate surface area is 120 Å². The van der Waals surface area contributed by atoms with Gasteiger partial charge >= 0.3 is 5.97 Å². The molecule has 1 aliphatic rings. The monoisotopic (exact) mass is 277 g/mol. The molecule has 2 rings (SSSR count). The van der Waals surface area contributed by atoms with Gasteiger partial charge in [-0.3, -0.25) is 4.79 Å². The van der Waals surface area contributed by atoms with E-state index in [9.17, 15) is 9.90 Å². The molecule has 0 amide bonds. The molecule has 1 fully saturated rings. The Balaban J connectivity index is 2.15. The van der Waals surface area contributed by atoms with Crippen LogP contribution in [0.4, 0.5) is 0 Å². The second kappa shape index (κ2) is 7.29. The van der Waals surface area contributed by atoms with Crippen molar-refractivity contribution >= 4 is 5.97 Å². The second-order valence-electron chi connectivity index (χ2n) is 5.35. The number of likely N-dealkylation sites (tertiary alicyclic amines) is 1. The number of rotatable bonds is 5. The Kier molecular flexibility index (Phi) is 5.41. The van der Waals surface area contributed by atoms with Gasteiger partial charge in [-0.15, -0.1) is 0 Å². The van der Waals surface area contributed by atoms with E-state index in [-0.39, 0.29) is 0 Å². The second-order valence-corrected chi connectivity index (χ2v) is 5.35. The van der Waals surface area contributed by atoms with Gasteiger partial charge in [-0.2, -0.15) is 0 Å². The summed E-state index contributed by atoms with van der Waals surface area (Å²) in [6, 6.07) is 7.42. The minimum Gasteiger partial charge on any atom is -0.496 e. The summed E-state index contributed by atoms with van der Waals surface area (Å²) in [5.41, 5.74) is 0.770. The number of hydrogen-bond acceptors (Lipinski definition) is 3. The highest BCUT2D eigenvalue weighted by atomic mass is 16.5. The first-order chi connectivity index (χ1) is 9.72. The van der Waals surface area contributed by atoms with E-state index in [0.29, 0.717) is 12.3 Å². The summed E-state index contributed by atoms with van der Waals surface area (Å²) in [5.74, 6) is -0.641. The van der Waals surface area contributed by atoms with Crippen LogP contribution in [0.5, 0.6) is 5.75 Å². The average Bonchev–Trinajstić information content (AvgIpc) is 2.73. The van der Waals surface area contributed by atoms with Crippen LogP contribution >= 0.6 is 0 Å². The molecule has 0 radical (unpaired) electrons. The number of carboxylic acids is 1. The van der Waals surface area contributed by atoms with Crippen molar-refractivity contribution < 1.29 is 14.6 Å². The fourth-order valence-corrected chi connectivity index (χ4v) is 2.84.